The zero-order valence-electron chi connectivity index (χ0n) is 18.1. The van der Waals surface area contributed by atoms with Crippen LogP contribution in [0.4, 0.5) is 0 Å². The molecule has 0 aromatic heterocycles. The lowest BCUT2D eigenvalue weighted by Crippen LogP contribution is -2.49. The van der Waals surface area contributed by atoms with Gasteiger partial charge in [0.1, 0.15) is 0 Å². The fourth-order valence-corrected chi connectivity index (χ4v) is 6.87. The number of hydrogen-bond acceptors (Lipinski definition) is 3. The molecule has 0 amide bonds. The molecule has 3 nitrogen and oxygen atoms in total. The molecule has 2 saturated carbocycles. The van der Waals surface area contributed by atoms with Crippen LogP contribution in [0.25, 0.3) is 5.57 Å². The van der Waals surface area contributed by atoms with Gasteiger partial charge in [-0.3, -0.25) is 0 Å². The highest BCUT2D eigenvalue weighted by Crippen LogP contribution is 2.67. The van der Waals surface area contributed by atoms with Crippen LogP contribution >= 0.6 is 0 Å². The summed E-state index contributed by atoms with van der Waals surface area (Å²) in [6, 6.07) is 10.4. The summed E-state index contributed by atoms with van der Waals surface area (Å²) in [5.74, 6) is 1.83. The topological polar surface area (TPSA) is 35.5 Å². The molecule has 0 spiro atoms. The average Bonchev–Trinajstić information content (AvgIpc) is 3.09. The summed E-state index contributed by atoms with van der Waals surface area (Å²) in [5.41, 5.74) is 3.38. The summed E-state index contributed by atoms with van der Waals surface area (Å²) in [6.45, 7) is 14.0. The third kappa shape index (κ3) is 3.00. The Hall–Kier alpha value is -1.39. The predicted octanol–water partition coefficient (Wildman–Crippen LogP) is 5.68. The Kier molecular flexibility index (Phi) is 4.86. The lowest BCUT2D eigenvalue weighted by molar-refractivity contribution is -0.140. The molecule has 2 fully saturated rings. The van der Waals surface area contributed by atoms with E-state index in [1.54, 1.807) is 0 Å². The van der Waals surface area contributed by atoms with Gasteiger partial charge in [-0.2, -0.15) is 0 Å². The molecule has 3 aliphatic carbocycles. The van der Waals surface area contributed by atoms with Crippen molar-refractivity contribution in [2.24, 2.45) is 23.7 Å². The number of hydrogen-bond donors (Lipinski definition) is 0. The molecule has 0 heterocycles. The van der Waals surface area contributed by atoms with Crippen LogP contribution in [0, 0.1) is 23.7 Å². The quantitative estimate of drug-likeness (QED) is 0.473. The summed E-state index contributed by atoms with van der Waals surface area (Å²) in [4.78, 5) is 12.8. The van der Waals surface area contributed by atoms with Crippen LogP contribution in [-0.4, -0.2) is 27.0 Å². The number of carbonyl (C=O) groups excluding carboxylic acids is 1. The van der Waals surface area contributed by atoms with E-state index in [4.69, 9.17) is 9.16 Å². The van der Waals surface area contributed by atoms with Gasteiger partial charge in [0.05, 0.1) is 6.61 Å². The summed E-state index contributed by atoms with van der Waals surface area (Å²) >= 11 is 0. The van der Waals surface area contributed by atoms with E-state index < -0.39 is 8.32 Å². The molecule has 2 bridgehead atoms. The molecular formula is C24H34O3Si. The normalized spacial score (nSPS) is 31.6. The molecule has 0 saturated heterocycles. The van der Waals surface area contributed by atoms with E-state index in [0.29, 0.717) is 36.4 Å². The number of benzene rings is 1. The number of esters is 1. The van der Waals surface area contributed by atoms with Crippen molar-refractivity contribution in [2.75, 3.05) is 6.61 Å². The van der Waals surface area contributed by atoms with Gasteiger partial charge < -0.3 is 9.16 Å². The van der Waals surface area contributed by atoms with Gasteiger partial charge in [-0.25, -0.2) is 4.79 Å². The first-order valence-electron chi connectivity index (χ1n) is 10.8. The number of rotatable bonds is 5. The minimum atomic E-state index is -1.80. The van der Waals surface area contributed by atoms with Crippen LogP contribution in [0.2, 0.25) is 18.1 Å². The van der Waals surface area contributed by atoms with Gasteiger partial charge in [0.15, 0.2) is 8.32 Å². The first-order chi connectivity index (χ1) is 13.2. The van der Waals surface area contributed by atoms with Gasteiger partial charge in [-0.05, 0) is 66.8 Å². The van der Waals surface area contributed by atoms with Crippen molar-refractivity contribution >= 4 is 19.9 Å². The molecule has 4 rings (SSSR count). The number of ether oxygens (including phenoxy) is 1. The van der Waals surface area contributed by atoms with E-state index >= 15 is 0 Å². The smallest absolute Gasteiger partial charge is 0.334 e. The van der Waals surface area contributed by atoms with Crippen LogP contribution in [0.15, 0.2) is 35.9 Å². The third-order valence-corrected chi connectivity index (χ3v) is 12.2. The highest BCUT2D eigenvalue weighted by Gasteiger charge is 2.63. The number of fused-ring (bicyclic) bond motifs is 5. The monoisotopic (exact) mass is 398 g/mol. The van der Waals surface area contributed by atoms with Crippen molar-refractivity contribution < 1.29 is 14.0 Å². The van der Waals surface area contributed by atoms with E-state index in [1.165, 1.54) is 17.6 Å². The van der Waals surface area contributed by atoms with Gasteiger partial charge in [-0.1, -0.05) is 51.1 Å². The highest BCUT2D eigenvalue weighted by molar-refractivity contribution is 6.74. The second kappa shape index (κ2) is 6.84. The van der Waals surface area contributed by atoms with Crippen molar-refractivity contribution in [3.63, 3.8) is 0 Å². The van der Waals surface area contributed by atoms with Crippen LogP contribution in [0.3, 0.4) is 0 Å². The molecule has 152 valence electrons. The molecule has 0 aliphatic heterocycles. The average molecular weight is 399 g/mol. The first-order valence-corrected chi connectivity index (χ1v) is 13.7. The molecule has 4 heteroatoms. The van der Waals surface area contributed by atoms with Crippen molar-refractivity contribution in [3.8, 4) is 0 Å². The molecule has 0 unspecified atom stereocenters. The van der Waals surface area contributed by atoms with Gasteiger partial charge in [0, 0.05) is 17.6 Å². The largest absolute Gasteiger partial charge is 0.463 e. The van der Waals surface area contributed by atoms with E-state index in [-0.39, 0.29) is 11.0 Å². The molecule has 0 radical (unpaired) electrons. The maximum atomic E-state index is 12.8. The van der Waals surface area contributed by atoms with Crippen molar-refractivity contribution in [1.29, 1.82) is 0 Å². The minimum absolute atomic E-state index is 0.1000. The van der Waals surface area contributed by atoms with Crippen LogP contribution in [0.5, 0.6) is 0 Å². The summed E-state index contributed by atoms with van der Waals surface area (Å²) in [7, 11) is -1.80. The molecule has 0 N–H and O–H groups in total. The lowest BCUT2D eigenvalue weighted by atomic mass is 9.59. The molecule has 1 aromatic rings. The number of carbonyl (C=O) groups is 1. The molecule has 3 aliphatic rings. The Morgan fingerprint density at radius 1 is 1.11 bits per heavy atom. The minimum Gasteiger partial charge on any atom is -0.463 e. The maximum Gasteiger partial charge on any atom is 0.334 e. The van der Waals surface area contributed by atoms with Crippen molar-refractivity contribution in [2.45, 2.75) is 64.8 Å². The second-order valence-corrected chi connectivity index (χ2v) is 15.0. The molecule has 1 aromatic carbocycles. The highest BCUT2D eigenvalue weighted by atomic mass is 28.4. The van der Waals surface area contributed by atoms with Gasteiger partial charge in [0.2, 0.25) is 0 Å². The zero-order valence-corrected chi connectivity index (χ0v) is 19.1. The second-order valence-electron chi connectivity index (χ2n) is 10.3. The summed E-state index contributed by atoms with van der Waals surface area (Å²) in [5, 5.41) is 0.224. The molecule has 28 heavy (non-hydrogen) atoms. The van der Waals surface area contributed by atoms with E-state index in [2.05, 4.69) is 58.1 Å². The Morgan fingerprint density at radius 3 is 2.39 bits per heavy atom. The summed E-state index contributed by atoms with van der Waals surface area (Å²) in [6.07, 6.45) is 2.63. The Bertz CT molecular complexity index is 790. The lowest BCUT2D eigenvalue weighted by Gasteiger charge is -2.49. The number of allylic oxidation sites excluding steroid dienone is 1. The third-order valence-electron chi connectivity index (χ3n) is 7.73. The maximum absolute atomic E-state index is 12.8. The molecular weight excluding hydrogens is 364 g/mol. The Labute approximate surface area is 170 Å². The van der Waals surface area contributed by atoms with E-state index in [1.807, 2.05) is 13.0 Å². The van der Waals surface area contributed by atoms with E-state index in [0.717, 1.165) is 12.0 Å². The van der Waals surface area contributed by atoms with Gasteiger partial charge >= 0.3 is 5.97 Å². The van der Waals surface area contributed by atoms with Crippen LogP contribution in [0.1, 0.15) is 46.1 Å². The van der Waals surface area contributed by atoms with Crippen LogP contribution < -0.4 is 0 Å². The fourth-order valence-electron chi connectivity index (χ4n) is 5.48. The first kappa shape index (κ1) is 19.9. The predicted molar refractivity (Wildman–Crippen MR) is 115 cm³/mol. The van der Waals surface area contributed by atoms with Crippen molar-refractivity contribution in [3.05, 3.63) is 41.5 Å². The van der Waals surface area contributed by atoms with Gasteiger partial charge in [0.25, 0.3) is 0 Å². The molecule has 5 atom stereocenters. The van der Waals surface area contributed by atoms with Gasteiger partial charge in [-0.15, -0.1) is 0 Å². The SMILES string of the molecule is CCOC(=O)C1=C(c2ccccc2)[C@H]2[C@H]3C[C@H](C[C@@H]3O[Si](C)(C)C(C)(C)C)[C@@H]12. The Balaban J connectivity index is 1.65. The Morgan fingerprint density at radius 2 is 1.79 bits per heavy atom. The summed E-state index contributed by atoms with van der Waals surface area (Å²) < 4.78 is 12.3. The standard InChI is InChI=1S/C24H34O3Si/c1-7-26-23(25)22-19(15-11-9-8-10-12-15)21-17-13-16(20(21)22)14-18(17)27-28(5,6)24(2,3)4/h8-12,16-18,20-21H,7,13-14H2,1-6H3/t16-,17+,18+,20-,21-/m1/s1. The fraction of sp³-hybridized carbons (Fsp3) is 0.625. The zero-order chi connectivity index (χ0) is 20.3. The van der Waals surface area contributed by atoms with E-state index in [9.17, 15) is 4.79 Å². The van der Waals surface area contributed by atoms with Crippen molar-refractivity contribution in [1.82, 2.24) is 0 Å². The van der Waals surface area contributed by atoms with Crippen LogP contribution in [-0.2, 0) is 14.0 Å².